The molecule has 186 valence electrons. The number of imide groups is 1. The number of rotatable bonds is 5. The van der Waals surface area contributed by atoms with Crippen LogP contribution in [0.25, 0.3) is 0 Å². The van der Waals surface area contributed by atoms with Crippen molar-refractivity contribution in [2.45, 2.75) is 51.3 Å². The Morgan fingerprint density at radius 3 is 2.60 bits per heavy atom. The number of amides is 4. The number of carbonyl (C=O) groups is 3. The molecule has 35 heavy (non-hydrogen) atoms. The van der Waals surface area contributed by atoms with E-state index in [1.165, 1.54) is 16.7 Å². The lowest BCUT2D eigenvalue weighted by molar-refractivity contribution is -0.454. The first-order valence-corrected chi connectivity index (χ1v) is 13.6. The second kappa shape index (κ2) is 10.3. The molecular weight excluding hydrogens is 462 g/mol. The number of ether oxygens (including phenoxy) is 1. The average molecular weight is 497 g/mol. The molecule has 3 heterocycles. The zero-order chi connectivity index (χ0) is 24.5. The summed E-state index contributed by atoms with van der Waals surface area (Å²) in [5, 5.41) is 1.57. The van der Waals surface area contributed by atoms with E-state index < -0.39 is 0 Å². The second-order valence-electron chi connectivity index (χ2n) is 10.1. The van der Waals surface area contributed by atoms with E-state index in [1.807, 2.05) is 16.4 Å². The smallest absolute Gasteiger partial charge is 0.378 e. The predicted octanol–water partition coefficient (Wildman–Crippen LogP) is 3.51. The minimum atomic E-state index is -0.350. The van der Waals surface area contributed by atoms with E-state index in [1.54, 1.807) is 4.58 Å². The Morgan fingerprint density at radius 2 is 1.86 bits per heavy atom. The number of urea groups is 1. The first kappa shape index (κ1) is 24.3. The van der Waals surface area contributed by atoms with Gasteiger partial charge in [-0.1, -0.05) is 23.8 Å². The van der Waals surface area contributed by atoms with Crippen LogP contribution in [0.3, 0.4) is 0 Å². The normalized spacial score (nSPS) is 27.0. The number of allylic oxidation sites excluding steroid dienone is 1. The van der Waals surface area contributed by atoms with Crippen LogP contribution in [0.4, 0.5) is 4.79 Å². The Morgan fingerprint density at radius 1 is 1.11 bits per heavy atom. The van der Waals surface area contributed by atoms with Crippen LogP contribution in [-0.2, 0) is 20.9 Å². The van der Waals surface area contributed by atoms with Gasteiger partial charge in [-0.25, -0.2) is 4.79 Å². The standard InChI is InChI=1S/C27H34N3O4S/c1-18-3-4-19(2)22(15-18)17-29-23-9-14-35-24(23)26(32)30(27(29)33)16-20-5-7-21(8-6-20)25(31)28-10-12-34-13-11-28/h3-4,9,14-15,20-21,24H,5-8,10-13,16-17H2,1-2H3/q+1. The molecule has 1 saturated heterocycles. The minimum absolute atomic E-state index is 0.0485. The SMILES string of the molecule is Cc1ccc(C)c(C[N+]2=C3C=CSC3C(=O)N(CC3CCC(C(=O)N4CCOCC4)CC3)C2=O)c1. The highest BCUT2D eigenvalue weighted by atomic mass is 32.2. The minimum Gasteiger partial charge on any atom is -0.378 e. The quantitative estimate of drug-likeness (QED) is 0.584. The van der Waals surface area contributed by atoms with Crippen LogP contribution in [0.1, 0.15) is 42.4 Å². The summed E-state index contributed by atoms with van der Waals surface area (Å²) in [4.78, 5) is 43.2. The Hall–Kier alpha value is -2.45. The topological polar surface area (TPSA) is 69.9 Å². The number of nitrogens with zero attached hydrogens (tertiary/aromatic N) is 3. The molecular formula is C27H34N3O4S+. The predicted molar refractivity (Wildman–Crippen MR) is 135 cm³/mol. The Balaban J connectivity index is 1.27. The van der Waals surface area contributed by atoms with Crippen molar-refractivity contribution in [2.24, 2.45) is 11.8 Å². The third-order valence-electron chi connectivity index (χ3n) is 7.78. The second-order valence-corrected chi connectivity index (χ2v) is 11.2. The number of thioether (sulfide) groups is 1. The Bertz CT molecular complexity index is 1080. The number of hydrogen-bond acceptors (Lipinski definition) is 5. The van der Waals surface area contributed by atoms with Crippen molar-refractivity contribution in [3.8, 4) is 0 Å². The van der Waals surface area contributed by atoms with Gasteiger partial charge < -0.3 is 9.64 Å². The van der Waals surface area contributed by atoms with Gasteiger partial charge in [-0.3, -0.25) is 4.79 Å². The third-order valence-corrected chi connectivity index (χ3v) is 8.79. The fraction of sp³-hybridized carbons (Fsp3) is 0.556. The van der Waals surface area contributed by atoms with Crippen LogP contribution >= 0.6 is 11.8 Å². The molecule has 0 N–H and O–H groups in total. The summed E-state index contributed by atoms with van der Waals surface area (Å²) in [5.41, 5.74) is 4.19. The lowest BCUT2D eigenvalue weighted by Gasteiger charge is -2.34. The van der Waals surface area contributed by atoms with E-state index in [9.17, 15) is 14.4 Å². The summed E-state index contributed by atoms with van der Waals surface area (Å²) in [6, 6.07) is 6.06. The highest BCUT2D eigenvalue weighted by molar-refractivity contribution is 8.04. The highest BCUT2D eigenvalue weighted by Crippen LogP contribution is 2.34. The monoisotopic (exact) mass is 496 g/mol. The van der Waals surface area contributed by atoms with Crippen LogP contribution in [0.2, 0.25) is 0 Å². The first-order chi connectivity index (χ1) is 16.9. The Kier molecular flexibility index (Phi) is 7.12. The summed E-state index contributed by atoms with van der Waals surface area (Å²) in [6.45, 7) is 7.60. The van der Waals surface area contributed by atoms with Gasteiger partial charge in [-0.05, 0) is 68.1 Å². The number of carbonyl (C=O) groups excluding carboxylic acids is 3. The number of benzene rings is 1. The number of morpholine rings is 1. The van der Waals surface area contributed by atoms with Gasteiger partial charge in [-0.2, -0.15) is 14.3 Å². The first-order valence-electron chi connectivity index (χ1n) is 12.7. The summed E-state index contributed by atoms with van der Waals surface area (Å²) in [7, 11) is 0. The van der Waals surface area contributed by atoms with Crippen molar-refractivity contribution in [1.29, 1.82) is 0 Å². The maximum atomic E-state index is 13.6. The van der Waals surface area contributed by atoms with E-state index in [4.69, 9.17) is 4.74 Å². The molecule has 2 fully saturated rings. The molecule has 0 bridgehead atoms. The summed E-state index contributed by atoms with van der Waals surface area (Å²) >= 11 is 1.48. The van der Waals surface area contributed by atoms with Gasteiger partial charge in [0.05, 0.1) is 13.2 Å². The molecule has 1 unspecified atom stereocenters. The van der Waals surface area contributed by atoms with Crippen LogP contribution in [-0.4, -0.2) is 76.0 Å². The Labute approximate surface area is 211 Å². The van der Waals surface area contributed by atoms with E-state index in [0.29, 0.717) is 39.4 Å². The lowest BCUT2D eigenvalue weighted by atomic mass is 9.81. The molecule has 1 aliphatic carbocycles. The molecule has 1 atom stereocenters. The van der Waals surface area contributed by atoms with Crippen molar-refractivity contribution in [2.75, 3.05) is 32.8 Å². The van der Waals surface area contributed by atoms with Crippen molar-refractivity contribution in [3.05, 3.63) is 46.4 Å². The van der Waals surface area contributed by atoms with E-state index >= 15 is 0 Å². The maximum absolute atomic E-state index is 13.6. The molecule has 1 aromatic carbocycles. The van der Waals surface area contributed by atoms with Gasteiger partial charge in [0.25, 0.3) is 0 Å². The number of hydrogen-bond donors (Lipinski definition) is 0. The fourth-order valence-corrected chi connectivity index (χ4v) is 6.58. The molecule has 0 aromatic heterocycles. The maximum Gasteiger partial charge on any atom is 0.501 e. The van der Waals surface area contributed by atoms with E-state index in [-0.39, 0.29) is 34.9 Å². The molecule has 5 rings (SSSR count). The average Bonchev–Trinajstić information content (AvgIpc) is 3.37. The molecule has 0 radical (unpaired) electrons. The molecule has 4 aliphatic rings. The highest BCUT2D eigenvalue weighted by Gasteiger charge is 2.50. The molecule has 1 saturated carbocycles. The zero-order valence-electron chi connectivity index (χ0n) is 20.6. The van der Waals surface area contributed by atoms with Gasteiger partial charge in [0, 0.05) is 19.0 Å². The van der Waals surface area contributed by atoms with E-state index in [2.05, 4.69) is 32.0 Å². The molecule has 0 spiro atoms. The van der Waals surface area contributed by atoms with Gasteiger partial charge in [0.15, 0.2) is 5.25 Å². The van der Waals surface area contributed by atoms with Crippen molar-refractivity contribution < 1.29 is 23.7 Å². The van der Waals surface area contributed by atoms with Crippen LogP contribution in [0.15, 0.2) is 29.7 Å². The van der Waals surface area contributed by atoms with Crippen molar-refractivity contribution in [3.63, 3.8) is 0 Å². The molecule has 7 nitrogen and oxygen atoms in total. The van der Waals surface area contributed by atoms with Gasteiger partial charge in [0.1, 0.15) is 18.8 Å². The van der Waals surface area contributed by atoms with Gasteiger partial charge in [-0.15, -0.1) is 11.8 Å². The summed E-state index contributed by atoms with van der Waals surface area (Å²) < 4.78 is 7.16. The number of fused-ring (bicyclic) bond motifs is 1. The largest absolute Gasteiger partial charge is 0.501 e. The fourth-order valence-electron chi connectivity index (χ4n) is 5.61. The van der Waals surface area contributed by atoms with Crippen molar-refractivity contribution >= 4 is 35.3 Å². The summed E-state index contributed by atoms with van der Waals surface area (Å²) in [6.07, 6.45) is 5.28. The van der Waals surface area contributed by atoms with Crippen molar-refractivity contribution in [1.82, 2.24) is 9.80 Å². The lowest BCUT2D eigenvalue weighted by Crippen LogP contribution is -2.56. The third kappa shape index (κ3) is 4.96. The molecule has 3 aliphatic heterocycles. The molecule has 1 aromatic rings. The van der Waals surface area contributed by atoms with Crippen LogP contribution in [0.5, 0.6) is 0 Å². The van der Waals surface area contributed by atoms with Crippen LogP contribution < -0.4 is 0 Å². The molecule has 4 amide bonds. The number of aryl methyl sites for hydroxylation is 2. The van der Waals surface area contributed by atoms with Gasteiger partial charge >= 0.3 is 11.9 Å². The molecule has 8 heteroatoms. The zero-order valence-corrected chi connectivity index (χ0v) is 21.4. The van der Waals surface area contributed by atoms with E-state index in [0.717, 1.165) is 48.1 Å². The van der Waals surface area contributed by atoms with Gasteiger partial charge in [0.2, 0.25) is 5.91 Å². The summed E-state index contributed by atoms with van der Waals surface area (Å²) in [5.74, 6) is 0.417. The van der Waals surface area contributed by atoms with Crippen LogP contribution in [0, 0.1) is 25.7 Å².